The molecule has 0 aromatic rings. The maximum absolute atomic E-state index is 10.7. The maximum Gasteiger partial charge on any atom is 0.321 e. The van der Waals surface area contributed by atoms with Crippen LogP contribution in [0.5, 0.6) is 0 Å². The number of aliphatic carboxylic acids is 3. The molecule has 0 aromatic carbocycles. The number of hydrogen-bond acceptors (Lipinski definition) is 7. The molecular formula is C10H18N2O8. The lowest BCUT2D eigenvalue weighted by Crippen LogP contribution is -2.46. The summed E-state index contributed by atoms with van der Waals surface area (Å²) in [6, 6.07) is -2.37. The van der Waals surface area contributed by atoms with E-state index in [0.717, 1.165) is 0 Å². The fraction of sp³-hybridized carbons (Fsp3) is 0.700. The first kappa shape index (κ1) is 18.2. The van der Waals surface area contributed by atoms with Crippen molar-refractivity contribution < 1.29 is 39.9 Å². The van der Waals surface area contributed by atoms with E-state index < -0.39 is 49.1 Å². The van der Waals surface area contributed by atoms with Crippen LogP contribution in [0.15, 0.2) is 0 Å². The molecule has 0 saturated heterocycles. The predicted molar refractivity (Wildman–Crippen MR) is 63.9 cm³/mol. The zero-order chi connectivity index (χ0) is 15.7. The van der Waals surface area contributed by atoms with Gasteiger partial charge in [0.15, 0.2) is 6.29 Å². The van der Waals surface area contributed by atoms with Crippen molar-refractivity contribution >= 4 is 17.9 Å². The first-order valence-corrected chi connectivity index (χ1v) is 5.73. The van der Waals surface area contributed by atoms with Gasteiger partial charge in [-0.1, -0.05) is 0 Å². The minimum atomic E-state index is -1.87. The van der Waals surface area contributed by atoms with E-state index in [2.05, 4.69) is 10.6 Å². The Morgan fingerprint density at radius 1 is 0.850 bits per heavy atom. The summed E-state index contributed by atoms with van der Waals surface area (Å²) in [6.45, 7) is 0.0616. The van der Waals surface area contributed by atoms with Crippen molar-refractivity contribution in [2.24, 2.45) is 0 Å². The molecule has 0 spiro atoms. The summed E-state index contributed by atoms with van der Waals surface area (Å²) in [6.07, 6.45) is -2.99. The Morgan fingerprint density at radius 2 is 1.35 bits per heavy atom. The molecule has 20 heavy (non-hydrogen) atoms. The number of carboxylic acids is 3. The quantitative estimate of drug-likeness (QED) is 0.156. The molecule has 0 aliphatic heterocycles. The van der Waals surface area contributed by atoms with E-state index in [4.69, 9.17) is 25.5 Å². The molecule has 0 fully saturated rings. The van der Waals surface area contributed by atoms with Crippen LogP contribution in [0.3, 0.4) is 0 Å². The molecule has 0 saturated carbocycles. The van der Waals surface area contributed by atoms with E-state index in [-0.39, 0.29) is 13.1 Å². The minimum Gasteiger partial charge on any atom is -0.481 e. The predicted octanol–water partition coefficient (Wildman–Crippen LogP) is -2.75. The molecule has 0 aromatic heterocycles. The van der Waals surface area contributed by atoms with E-state index in [9.17, 15) is 14.4 Å². The molecule has 7 N–H and O–H groups in total. The number of hydrogen-bond donors (Lipinski definition) is 7. The largest absolute Gasteiger partial charge is 0.481 e. The van der Waals surface area contributed by atoms with E-state index in [1.165, 1.54) is 0 Å². The number of carbonyl (C=O) groups is 3. The standard InChI is InChI=1S/C10H18N2O8/c13-7(14)3-5(9(17)18)11-1-2-12-6(10(19)20)4-8(15)16/h5-6,9,11-12,17-18H,1-4H2,(H,13,14)(H,15,16)(H,19,20). The van der Waals surface area contributed by atoms with Crippen molar-refractivity contribution in [1.82, 2.24) is 10.6 Å². The number of carboxylic acid groups (broad SMARTS) is 3. The molecule has 0 aliphatic rings. The highest BCUT2D eigenvalue weighted by Crippen LogP contribution is 1.97. The van der Waals surface area contributed by atoms with Gasteiger partial charge in [-0.15, -0.1) is 0 Å². The van der Waals surface area contributed by atoms with Gasteiger partial charge in [0.1, 0.15) is 6.04 Å². The molecule has 10 nitrogen and oxygen atoms in total. The van der Waals surface area contributed by atoms with Crippen LogP contribution in [0, 0.1) is 0 Å². The third kappa shape index (κ3) is 8.37. The Morgan fingerprint density at radius 3 is 1.75 bits per heavy atom. The van der Waals surface area contributed by atoms with Gasteiger partial charge >= 0.3 is 17.9 Å². The number of rotatable bonds is 11. The molecule has 0 bridgehead atoms. The summed E-state index contributed by atoms with van der Waals surface area (Å²) >= 11 is 0. The van der Waals surface area contributed by atoms with Crippen LogP contribution in [-0.2, 0) is 14.4 Å². The van der Waals surface area contributed by atoms with Gasteiger partial charge in [0.25, 0.3) is 0 Å². The highest BCUT2D eigenvalue weighted by Gasteiger charge is 2.21. The second-order valence-electron chi connectivity index (χ2n) is 4.01. The van der Waals surface area contributed by atoms with Crippen molar-refractivity contribution in [3.05, 3.63) is 0 Å². The highest BCUT2D eigenvalue weighted by molar-refractivity contribution is 5.80. The van der Waals surface area contributed by atoms with E-state index in [1.54, 1.807) is 0 Å². The fourth-order valence-electron chi connectivity index (χ4n) is 1.40. The summed E-state index contributed by atoms with van der Waals surface area (Å²) in [7, 11) is 0. The zero-order valence-electron chi connectivity index (χ0n) is 10.5. The Balaban J connectivity index is 4.10. The first-order chi connectivity index (χ1) is 9.23. The van der Waals surface area contributed by atoms with Crippen LogP contribution in [0.2, 0.25) is 0 Å². The van der Waals surface area contributed by atoms with Gasteiger partial charge in [-0.2, -0.15) is 0 Å². The van der Waals surface area contributed by atoms with Crippen LogP contribution in [0.1, 0.15) is 12.8 Å². The summed E-state index contributed by atoms with van der Waals surface area (Å²) in [5.41, 5.74) is 0. The lowest BCUT2D eigenvalue weighted by atomic mass is 10.2. The molecular weight excluding hydrogens is 276 g/mol. The summed E-state index contributed by atoms with van der Waals surface area (Å²) in [4.78, 5) is 31.6. The normalized spacial score (nSPS) is 13.9. The Hall–Kier alpha value is -1.75. The van der Waals surface area contributed by atoms with Gasteiger partial charge in [0, 0.05) is 13.1 Å². The summed E-state index contributed by atoms with van der Waals surface area (Å²) < 4.78 is 0. The summed E-state index contributed by atoms with van der Waals surface area (Å²) in [5.74, 6) is -3.82. The van der Waals surface area contributed by atoms with Crippen LogP contribution in [0.25, 0.3) is 0 Å². The van der Waals surface area contributed by atoms with Crippen molar-refractivity contribution in [3.8, 4) is 0 Å². The fourth-order valence-corrected chi connectivity index (χ4v) is 1.40. The number of aliphatic hydroxyl groups excluding tert-OH is 1. The molecule has 116 valence electrons. The Kier molecular flexibility index (Phi) is 8.40. The second-order valence-corrected chi connectivity index (χ2v) is 4.01. The SMILES string of the molecule is O=C(O)CC(NCCNC(CC(=O)O)C(O)O)C(=O)O. The lowest BCUT2D eigenvalue weighted by molar-refractivity contribution is -0.145. The van der Waals surface area contributed by atoms with Crippen LogP contribution < -0.4 is 10.6 Å². The first-order valence-electron chi connectivity index (χ1n) is 5.73. The van der Waals surface area contributed by atoms with Gasteiger partial charge in [-0.3, -0.25) is 14.4 Å². The zero-order valence-corrected chi connectivity index (χ0v) is 10.5. The molecule has 0 amide bonds. The van der Waals surface area contributed by atoms with Gasteiger partial charge in [0.2, 0.25) is 0 Å². The molecule has 2 unspecified atom stereocenters. The lowest BCUT2D eigenvalue weighted by Gasteiger charge is -2.19. The second kappa shape index (κ2) is 9.20. The average Bonchev–Trinajstić information content (AvgIpc) is 2.29. The molecule has 0 radical (unpaired) electrons. The highest BCUT2D eigenvalue weighted by atomic mass is 16.5. The average molecular weight is 294 g/mol. The van der Waals surface area contributed by atoms with Crippen molar-refractivity contribution in [2.75, 3.05) is 13.1 Å². The van der Waals surface area contributed by atoms with E-state index in [0.29, 0.717) is 0 Å². The monoisotopic (exact) mass is 294 g/mol. The van der Waals surface area contributed by atoms with Gasteiger partial charge in [-0.05, 0) is 0 Å². The van der Waals surface area contributed by atoms with Gasteiger partial charge in [0.05, 0.1) is 18.9 Å². The Labute approximate surface area is 114 Å². The molecule has 10 heteroatoms. The molecule has 0 heterocycles. The van der Waals surface area contributed by atoms with E-state index >= 15 is 0 Å². The van der Waals surface area contributed by atoms with Crippen molar-refractivity contribution in [3.63, 3.8) is 0 Å². The molecule has 0 aliphatic carbocycles. The van der Waals surface area contributed by atoms with Crippen molar-refractivity contribution in [2.45, 2.75) is 31.2 Å². The van der Waals surface area contributed by atoms with Crippen LogP contribution in [-0.4, -0.2) is 74.9 Å². The maximum atomic E-state index is 10.7. The molecule has 0 rings (SSSR count). The smallest absolute Gasteiger partial charge is 0.321 e. The Bertz CT molecular complexity index is 346. The number of nitrogens with one attached hydrogen (secondary N) is 2. The van der Waals surface area contributed by atoms with Crippen molar-refractivity contribution in [1.29, 1.82) is 0 Å². The van der Waals surface area contributed by atoms with Crippen LogP contribution in [0.4, 0.5) is 0 Å². The molecule has 2 atom stereocenters. The van der Waals surface area contributed by atoms with Gasteiger partial charge < -0.3 is 36.2 Å². The number of aliphatic hydroxyl groups is 2. The summed E-state index contributed by atoms with van der Waals surface area (Å²) in [5, 5.41) is 48.5. The van der Waals surface area contributed by atoms with E-state index in [1.807, 2.05) is 0 Å². The third-order valence-corrected chi connectivity index (χ3v) is 2.35. The van der Waals surface area contributed by atoms with Gasteiger partial charge in [-0.25, -0.2) is 0 Å². The topological polar surface area (TPSA) is 176 Å². The van der Waals surface area contributed by atoms with Crippen LogP contribution >= 0.6 is 0 Å². The minimum absolute atomic E-state index is 0.0209. The third-order valence-electron chi connectivity index (χ3n) is 2.35.